The van der Waals surface area contributed by atoms with Crippen molar-refractivity contribution in [2.24, 2.45) is 5.73 Å². The van der Waals surface area contributed by atoms with E-state index < -0.39 is 0 Å². The third kappa shape index (κ3) is 4.55. The second-order valence-corrected chi connectivity index (χ2v) is 14.3. The molecule has 2 aliphatic rings. The number of para-hydroxylation sites is 2. The van der Waals surface area contributed by atoms with Gasteiger partial charge in [0.05, 0.1) is 22.1 Å². The van der Waals surface area contributed by atoms with Crippen molar-refractivity contribution in [1.29, 1.82) is 0 Å². The molecule has 0 spiro atoms. The van der Waals surface area contributed by atoms with Crippen LogP contribution >= 0.6 is 0 Å². The first-order valence-electron chi connectivity index (χ1n) is 18.6. The van der Waals surface area contributed by atoms with Crippen molar-refractivity contribution in [2.45, 2.75) is 6.42 Å². The van der Waals surface area contributed by atoms with Crippen LogP contribution in [0.3, 0.4) is 0 Å². The maximum atomic E-state index is 5.92. The molecule has 0 unspecified atom stereocenters. The summed E-state index contributed by atoms with van der Waals surface area (Å²) in [7, 11) is 0. The average molecular weight is 690 g/mol. The van der Waals surface area contributed by atoms with Crippen LogP contribution in [0, 0.1) is 0 Å². The van der Waals surface area contributed by atoms with E-state index in [2.05, 4.69) is 185 Å². The van der Waals surface area contributed by atoms with Crippen molar-refractivity contribution in [2.75, 3.05) is 0 Å². The van der Waals surface area contributed by atoms with Gasteiger partial charge in [-0.3, -0.25) is 0 Å². The summed E-state index contributed by atoms with van der Waals surface area (Å²) in [5, 5.41) is 5.01. The normalized spacial score (nSPS) is 14.0. The van der Waals surface area contributed by atoms with E-state index in [1.807, 2.05) is 6.08 Å². The Bertz CT molecular complexity index is 3130. The van der Waals surface area contributed by atoms with Crippen LogP contribution in [0.15, 0.2) is 194 Å². The first-order chi connectivity index (χ1) is 26.7. The van der Waals surface area contributed by atoms with Gasteiger partial charge in [-0.05, 0) is 123 Å². The topological polar surface area (TPSA) is 35.9 Å². The molecular weight excluding hydrogens is 655 g/mol. The van der Waals surface area contributed by atoms with Crippen molar-refractivity contribution < 1.29 is 0 Å². The van der Waals surface area contributed by atoms with Gasteiger partial charge in [0.2, 0.25) is 0 Å². The van der Waals surface area contributed by atoms with Gasteiger partial charge in [-0.25, -0.2) is 0 Å². The predicted molar refractivity (Wildman–Crippen MR) is 228 cm³/mol. The fourth-order valence-electron chi connectivity index (χ4n) is 8.98. The van der Waals surface area contributed by atoms with Crippen LogP contribution < -0.4 is 5.73 Å². The lowest BCUT2D eigenvalue weighted by Crippen LogP contribution is -2.00. The van der Waals surface area contributed by atoms with Crippen LogP contribution in [0.2, 0.25) is 0 Å². The van der Waals surface area contributed by atoms with Crippen molar-refractivity contribution in [3.05, 3.63) is 205 Å². The van der Waals surface area contributed by atoms with Crippen LogP contribution in [-0.4, -0.2) is 9.13 Å². The van der Waals surface area contributed by atoms with Gasteiger partial charge in [0.1, 0.15) is 0 Å². The quantitative estimate of drug-likeness (QED) is 0.192. The summed E-state index contributed by atoms with van der Waals surface area (Å²) in [4.78, 5) is 0. The molecule has 7 aromatic carbocycles. The minimum atomic E-state index is 0.853. The molecule has 2 heterocycles. The summed E-state index contributed by atoms with van der Waals surface area (Å²) in [6.45, 7) is 0. The Kier molecular flexibility index (Phi) is 6.77. The number of hydrogen-bond acceptors (Lipinski definition) is 1. The van der Waals surface area contributed by atoms with Crippen LogP contribution in [0.4, 0.5) is 0 Å². The van der Waals surface area contributed by atoms with Gasteiger partial charge in [-0.1, -0.05) is 121 Å². The maximum absolute atomic E-state index is 5.92. The molecule has 0 saturated heterocycles. The largest absolute Gasteiger partial charge is 0.405 e. The summed E-state index contributed by atoms with van der Waals surface area (Å²) in [5.41, 5.74) is 24.3. The number of nitrogens with two attached hydrogens (primary N) is 1. The third-order valence-corrected chi connectivity index (χ3v) is 11.4. The van der Waals surface area contributed by atoms with E-state index in [1.54, 1.807) is 6.20 Å². The number of allylic oxidation sites excluding steroid dienone is 7. The number of hydrogen-bond donors (Lipinski definition) is 1. The van der Waals surface area contributed by atoms with Crippen LogP contribution in [-0.2, 0) is 0 Å². The molecule has 0 radical (unpaired) electrons. The summed E-state index contributed by atoms with van der Waals surface area (Å²) < 4.78 is 4.85. The molecule has 0 bridgehead atoms. The highest BCUT2D eigenvalue weighted by atomic mass is 15.0. The Morgan fingerprint density at radius 1 is 0.463 bits per heavy atom. The third-order valence-electron chi connectivity index (χ3n) is 11.4. The van der Waals surface area contributed by atoms with Gasteiger partial charge < -0.3 is 14.9 Å². The van der Waals surface area contributed by atoms with Crippen LogP contribution in [0.25, 0.3) is 88.4 Å². The van der Waals surface area contributed by atoms with Crippen LogP contribution in [0.1, 0.15) is 17.5 Å². The summed E-state index contributed by atoms with van der Waals surface area (Å²) >= 11 is 0. The molecule has 2 aliphatic carbocycles. The van der Waals surface area contributed by atoms with Gasteiger partial charge in [0, 0.05) is 32.9 Å². The second-order valence-electron chi connectivity index (χ2n) is 14.3. The number of nitrogens with zero attached hydrogens (tertiary/aromatic N) is 2. The predicted octanol–water partition coefficient (Wildman–Crippen LogP) is 12.8. The van der Waals surface area contributed by atoms with Gasteiger partial charge in [0.25, 0.3) is 0 Å². The average Bonchev–Trinajstić information content (AvgIpc) is 3.86. The zero-order chi connectivity index (χ0) is 35.8. The fourth-order valence-corrected chi connectivity index (χ4v) is 8.98. The molecule has 2 aromatic heterocycles. The van der Waals surface area contributed by atoms with Crippen LogP contribution in [0.5, 0.6) is 0 Å². The van der Waals surface area contributed by atoms with E-state index in [-0.39, 0.29) is 0 Å². The van der Waals surface area contributed by atoms with E-state index in [0.717, 1.165) is 12.1 Å². The van der Waals surface area contributed by atoms with Crippen molar-refractivity contribution in [3.8, 4) is 27.9 Å². The highest BCUT2D eigenvalue weighted by Crippen LogP contribution is 2.48. The lowest BCUT2D eigenvalue weighted by Gasteiger charge is -2.17. The molecule has 254 valence electrons. The van der Waals surface area contributed by atoms with Gasteiger partial charge in [-0.2, -0.15) is 0 Å². The zero-order valence-electron chi connectivity index (χ0n) is 29.6. The fraction of sp³-hybridized carbons (Fsp3) is 0.0196. The van der Waals surface area contributed by atoms with E-state index in [4.69, 9.17) is 5.73 Å². The Morgan fingerprint density at radius 3 is 1.76 bits per heavy atom. The molecule has 0 aliphatic heterocycles. The maximum Gasteiger partial charge on any atom is 0.0541 e. The van der Waals surface area contributed by atoms with Gasteiger partial charge >= 0.3 is 0 Å². The Hall–Kier alpha value is -7.10. The van der Waals surface area contributed by atoms with Gasteiger partial charge in [-0.15, -0.1) is 0 Å². The molecule has 0 amide bonds. The SMILES string of the molecule is N/C=C\C1=C2CC=C(n3c4ccccc4c4cc(-c5ccc6c(c5)c5ccccc5n6-c5cccc(-c6ccccc6)c5)ccc43)C=C2c2ccccc21. The molecule has 2 N–H and O–H groups in total. The van der Waals surface area contributed by atoms with E-state index in [1.165, 1.54) is 99.4 Å². The molecule has 0 atom stereocenters. The van der Waals surface area contributed by atoms with Crippen molar-refractivity contribution >= 4 is 60.5 Å². The molecule has 11 rings (SSSR count). The number of fused-ring (bicyclic) bond motifs is 9. The minimum absolute atomic E-state index is 0.853. The van der Waals surface area contributed by atoms with E-state index in [9.17, 15) is 0 Å². The lowest BCUT2D eigenvalue weighted by molar-refractivity contribution is 1.18. The Morgan fingerprint density at radius 2 is 1.04 bits per heavy atom. The minimum Gasteiger partial charge on any atom is -0.405 e. The monoisotopic (exact) mass is 689 g/mol. The summed E-state index contributed by atoms with van der Waals surface area (Å²) in [5.74, 6) is 0. The summed E-state index contributed by atoms with van der Waals surface area (Å²) in [6, 6.07) is 59.7. The molecule has 3 heteroatoms. The first-order valence-corrected chi connectivity index (χ1v) is 18.6. The first kappa shape index (κ1) is 30.5. The smallest absolute Gasteiger partial charge is 0.0541 e. The highest BCUT2D eigenvalue weighted by Gasteiger charge is 2.27. The Balaban J connectivity index is 1.04. The van der Waals surface area contributed by atoms with E-state index in [0.29, 0.717) is 0 Å². The van der Waals surface area contributed by atoms with E-state index >= 15 is 0 Å². The molecule has 0 fully saturated rings. The Labute approximate surface area is 313 Å². The zero-order valence-corrected chi connectivity index (χ0v) is 29.6. The molecule has 0 saturated carbocycles. The molecular formula is C51H35N3. The number of benzene rings is 7. The molecule has 9 aromatic rings. The molecule has 54 heavy (non-hydrogen) atoms. The van der Waals surface area contributed by atoms with Gasteiger partial charge in [0.15, 0.2) is 0 Å². The van der Waals surface area contributed by atoms with Crippen molar-refractivity contribution in [3.63, 3.8) is 0 Å². The standard InChI is InChI=1S/C51H35N3/c52-28-27-42-39-15-4-5-16-40(39)45-32-38(23-24-41(42)45)54-49-20-9-7-18-44(49)47-31-36(22-26-51(47)54)35-21-25-50-46(30-35)43-17-6-8-19-48(43)53(50)37-14-10-13-34(29-37)33-11-2-1-3-12-33/h1-23,25-32H,24,52H2/b28-27-. The lowest BCUT2D eigenvalue weighted by atomic mass is 9.94. The summed E-state index contributed by atoms with van der Waals surface area (Å²) in [6.07, 6.45) is 9.30. The van der Waals surface area contributed by atoms with Crippen molar-refractivity contribution in [1.82, 2.24) is 9.13 Å². The highest BCUT2D eigenvalue weighted by molar-refractivity contribution is 6.14. The number of aromatic nitrogens is 2. The molecule has 3 nitrogen and oxygen atoms in total. The number of rotatable bonds is 5. The second kappa shape index (κ2) is 12.0.